The average molecular weight is 355 g/mol. The van der Waals surface area contributed by atoms with Crippen LogP contribution in [0, 0.1) is 0 Å². The summed E-state index contributed by atoms with van der Waals surface area (Å²) in [5.41, 5.74) is 1.40. The Bertz CT molecular complexity index is 377. The quantitative estimate of drug-likeness (QED) is 0.635. The molecule has 2 nitrogen and oxygen atoms in total. The number of nitrogens with zero attached hydrogens (tertiary/aromatic N) is 1. The number of benzene rings is 1. The molecule has 1 rings (SSSR count). The summed E-state index contributed by atoms with van der Waals surface area (Å²) in [4.78, 5) is 2.58. The molecule has 1 aromatic rings. The normalized spacial score (nSPS) is 14.4. The summed E-state index contributed by atoms with van der Waals surface area (Å²) < 4.78 is 1.15. The van der Waals surface area contributed by atoms with E-state index in [1.807, 2.05) is 0 Å². The van der Waals surface area contributed by atoms with Crippen molar-refractivity contribution in [3.05, 3.63) is 34.3 Å². The first-order valence-corrected chi connectivity index (χ1v) is 9.14. The van der Waals surface area contributed by atoms with Crippen molar-refractivity contribution in [2.24, 2.45) is 0 Å². The third kappa shape index (κ3) is 6.50. The Hall–Kier alpha value is -0.380. The molecule has 120 valence electrons. The Kier molecular flexibility index (Phi) is 9.21. The molecule has 1 aromatic carbocycles. The van der Waals surface area contributed by atoms with Gasteiger partial charge in [-0.2, -0.15) is 0 Å². The molecular formula is C18H31BrN2. The summed E-state index contributed by atoms with van der Waals surface area (Å²) in [6.45, 7) is 12.5. The Labute approximate surface area is 139 Å². The molecule has 2 unspecified atom stereocenters. The number of hydrogen-bond donors (Lipinski definition) is 1. The molecular weight excluding hydrogens is 324 g/mol. The van der Waals surface area contributed by atoms with Crippen LogP contribution in [0.3, 0.4) is 0 Å². The molecule has 0 aliphatic carbocycles. The van der Waals surface area contributed by atoms with Gasteiger partial charge in [-0.25, -0.2) is 0 Å². The highest BCUT2D eigenvalue weighted by molar-refractivity contribution is 9.10. The fraction of sp³-hybridized carbons (Fsp3) is 0.667. The fourth-order valence-electron chi connectivity index (χ4n) is 2.64. The van der Waals surface area contributed by atoms with Crippen molar-refractivity contribution in [1.29, 1.82) is 0 Å². The van der Waals surface area contributed by atoms with Crippen molar-refractivity contribution in [3.63, 3.8) is 0 Å². The predicted molar refractivity (Wildman–Crippen MR) is 96.8 cm³/mol. The van der Waals surface area contributed by atoms with E-state index in [0.717, 1.165) is 24.1 Å². The highest BCUT2D eigenvalue weighted by Gasteiger charge is 2.15. The maximum Gasteiger partial charge on any atom is 0.0332 e. The molecule has 0 saturated heterocycles. The van der Waals surface area contributed by atoms with Crippen LogP contribution in [0.15, 0.2) is 28.7 Å². The van der Waals surface area contributed by atoms with Gasteiger partial charge in [0.05, 0.1) is 0 Å². The molecule has 0 aliphatic rings. The Morgan fingerprint density at radius 2 is 1.81 bits per heavy atom. The summed E-state index contributed by atoms with van der Waals surface area (Å²) in [6.07, 6.45) is 3.56. The van der Waals surface area contributed by atoms with Crippen LogP contribution in [-0.2, 0) is 0 Å². The summed E-state index contributed by atoms with van der Waals surface area (Å²) in [5, 5.41) is 3.70. The summed E-state index contributed by atoms with van der Waals surface area (Å²) in [7, 11) is 0. The molecule has 3 heteroatoms. The van der Waals surface area contributed by atoms with E-state index < -0.39 is 0 Å². The van der Waals surface area contributed by atoms with Crippen molar-refractivity contribution in [2.75, 3.05) is 19.6 Å². The van der Waals surface area contributed by atoms with Gasteiger partial charge in [-0.1, -0.05) is 48.8 Å². The first-order chi connectivity index (χ1) is 10.1. The van der Waals surface area contributed by atoms with Crippen LogP contribution < -0.4 is 5.32 Å². The van der Waals surface area contributed by atoms with E-state index in [1.165, 1.54) is 24.8 Å². The number of hydrogen-bond acceptors (Lipinski definition) is 2. The standard InChI is InChI=1S/C18H31BrN2/c1-5-13-20-18(16-8-10-17(19)11-9-16)12-14-21(7-3)15(4)6-2/h8-11,15,18,20H,5-7,12-14H2,1-4H3. The molecule has 2 atom stereocenters. The maximum atomic E-state index is 3.70. The van der Waals surface area contributed by atoms with Crippen molar-refractivity contribution in [3.8, 4) is 0 Å². The van der Waals surface area contributed by atoms with Gasteiger partial charge >= 0.3 is 0 Å². The topological polar surface area (TPSA) is 15.3 Å². The van der Waals surface area contributed by atoms with Crippen LogP contribution in [0.4, 0.5) is 0 Å². The van der Waals surface area contributed by atoms with Crippen LogP contribution in [0.2, 0.25) is 0 Å². The lowest BCUT2D eigenvalue weighted by Crippen LogP contribution is -2.35. The molecule has 21 heavy (non-hydrogen) atoms. The van der Waals surface area contributed by atoms with Crippen LogP contribution in [0.1, 0.15) is 58.6 Å². The highest BCUT2D eigenvalue weighted by Crippen LogP contribution is 2.21. The Balaban J connectivity index is 2.67. The molecule has 0 saturated carbocycles. The molecule has 1 N–H and O–H groups in total. The monoisotopic (exact) mass is 354 g/mol. The first kappa shape index (κ1) is 18.7. The second-order valence-electron chi connectivity index (χ2n) is 5.73. The van der Waals surface area contributed by atoms with Crippen LogP contribution in [-0.4, -0.2) is 30.6 Å². The van der Waals surface area contributed by atoms with Gasteiger partial charge in [0, 0.05) is 23.1 Å². The molecule has 0 fully saturated rings. The second kappa shape index (κ2) is 10.4. The largest absolute Gasteiger partial charge is 0.310 e. The Morgan fingerprint density at radius 1 is 1.14 bits per heavy atom. The van der Waals surface area contributed by atoms with Gasteiger partial charge < -0.3 is 10.2 Å². The van der Waals surface area contributed by atoms with Gasteiger partial charge in [0.2, 0.25) is 0 Å². The summed E-state index contributed by atoms with van der Waals surface area (Å²) in [6, 6.07) is 9.88. The zero-order valence-electron chi connectivity index (χ0n) is 14.0. The highest BCUT2D eigenvalue weighted by atomic mass is 79.9. The number of nitrogens with one attached hydrogen (secondary N) is 1. The van der Waals surface area contributed by atoms with Crippen LogP contribution >= 0.6 is 15.9 Å². The SMILES string of the molecule is CCCNC(CCN(CC)C(C)CC)c1ccc(Br)cc1. The first-order valence-electron chi connectivity index (χ1n) is 8.35. The minimum absolute atomic E-state index is 0.455. The van der Waals surface area contributed by atoms with E-state index in [-0.39, 0.29) is 0 Å². The molecule has 0 radical (unpaired) electrons. The van der Waals surface area contributed by atoms with E-state index in [1.54, 1.807) is 0 Å². The maximum absolute atomic E-state index is 3.70. The zero-order valence-corrected chi connectivity index (χ0v) is 15.6. The number of halogens is 1. The van der Waals surface area contributed by atoms with Crippen LogP contribution in [0.5, 0.6) is 0 Å². The van der Waals surface area contributed by atoms with Gasteiger partial charge in [0.15, 0.2) is 0 Å². The lowest BCUT2D eigenvalue weighted by molar-refractivity contribution is 0.203. The minimum Gasteiger partial charge on any atom is -0.310 e. The third-order valence-electron chi connectivity index (χ3n) is 4.24. The van der Waals surface area contributed by atoms with Gasteiger partial charge in [0.1, 0.15) is 0 Å². The minimum atomic E-state index is 0.455. The van der Waals surface area contributed by atoms with Crippen molar-refractivity contribution in [1.82, 2.24) is 10.2 Å². The second-order valence-corrected chi connectivity index (χ2v) is 6.65. The fourth-order valence-corrected chi connectivity index (χ4v) is 2.91. The van der Waals surface area contributed by atoms with E-state index in [4.69, 9.17) is 0 Å². The zero-order chi connectivity index (χ0) is 15.7. The van der Waals surface area contributed by atoms with E-state index in [2.05, 4.69) is 78.1 Å². The summed E-state index contributed by atoms with van der Waals surface area (Å²) in [5.74, 6) is 0. The van der Waals surface area contributed by atoms with Gasteiger partial charge in [-0.15, -0.1) is 0 Å². The molecule has 0 aromatic heterocycles. The Morgan fingerprint density at radius 3 is 2.33 bits per heavy atom. The average Bonchev–Trinajstić information content (AvgIpc) is 2.51. The van der Waals surface area contributed by atoms with E-state index >= 15 is 0 Å². The third-order valence-corrected chi connectivity index (χ3v) is 4.77. The molecule has 0 aliphatic heterocycles. The molecule has 0 spiro atoms. The lowest BCUT2D eigenvalue weighted by Gasteiger charge is -2.29. The van der Waals surface area contributed by atoms with Gasteiger partial charge in [0.25, 0.3) is 0 Å². The lowest BCUT2D eigenvalue weighted by atomic mass is 10.0. The van der Waals surface area contributed by atoms with Crippen LogP contribution in [0.25, 0.3) is 0 Å². The van der Waals surface area contributed by atoms with Gasteiger partial charge in [-0.05, 0) is 57.0 Å². The van der Waals surface area contributed by atoms with E-state index in [0.29, 0.717) is 12.1 Å². The molecule has 0 bridgehead atoms. The van der Waals surface area contributed by atoms with Gasteiger partial charge in [-0.3, -0.25) is 0 Å². The van der Waals surface area contributed by atoms with Crippen molar-refractivity contribution in [2.45, 2.75) is 59.0 Å². The summed E-state index contributed by atoms with van der Waals surface area (Å²) >= 11 is 3.52. The number of rotatable bonds is 10. The molecule has 0 amide bonds. The smallest absolute Gasteiger partial charge is 0.0332 e. The molecule has 0 heterocycles. The van der Waals surface area contributed by atoms with Crippen molar-refractivity contribution >= 4 is 15.9 Å². The van der Waals surface area contributed by atoms with E-state index in [9.17, 15) is 0 Å². The van der Waals surface area contributed by atoms with Crippen molar-refractivity contribution < 1.29 is 0 Å². The predicted octanol–water partition coefficient (Wildman–Crippen LogP) is 5.00.